The van der Waals surface area contributed by atoms with Crippen LogP contribution in [0.4, 0.5) is 0 Å². The summed E-state index contributed by atoms with van der Waals surface area (Å²) in [7, 11) is 0. The lowest BCUT2D eigenvalue weighted by molar-refractivity contribution is -0.359. The zero-order valence-electron chi connectivity index (χ0n) is 34.1. The molecule has 2 heterocycles. The summed E-state index contributed by atoms with van der Waals surface area (Å²) in [6.45, 7) is 2.68. The van der Waals surface area contributed by atoms with E-state index in [1.807, 2.05) is 6.08 Å². The zero-order valence-corrected chi connectivity index (χ0v) is 34.1. The number of allylic oxidation sites excluding steroid dienone is 3. The van der Waals surface area contributed by atoms with Gasteiger partial charge in [0.1, 0.15) is 48.8 Å². The van der Waals surface area contributed by atoms with Gasteiger partial charge in [-0.15, -0.1) is 0 Å². The third kappa shape index (κ3) is 19.0. The molecule has 0 spiro atoms. The lowest BCUT2D eigenvalue weighted by Crippen LogP contribution is -2.65. The fourth-order valence-corrected chi connectivity index (χ4v) is 7.01. The van der Waals surface area contributed by atoms with Crippen LogP contribution in [0.25, 0.3) is 0 Å². The molecule has 2 fully saturated rings. The monoisotopic (exact) mass is 804 g/mol. The summed E-state index contributed by atoms with van der Waals surface area (Å²) in [5.41, 5.74) is 0. The minimum absolute atomic E-state index is 0.257. The van der Waals surface area contributed by atoms with E-state index in [4.69, 9.17) is 18.9 Å². The van der Waals surface area contributed by atoms with Crippen LogP contribution in [-0.4, -0.2) is 140 Å². The van der Waals surface area contributed by atoms with Crippen molar-refractivity contribution in [1.29, 1.82) is 0 Å². The van der Waals surface area contributed by atoms with Gasteiger partial charge in [-0.1, -0.05) is 128 Å². The number of aliphatic hydroxyl groups is 8. The molecule has 2 aliphatic heterocycles. The van der Waals surface area contributed by atoms with E-state index < -0.39 is 86.8 Å². The quantitative estimate of drug-likeness (QED) is 0.0362. The highest BCUT2D eigenvalue weighted by Crippen LogP contribution is 2.30. The Kier molecular flexibility index (Phi) is 27.6. The van der Waals surface area contributed by atoms with Crippen LogP contribution in [0.5, 0.6) is 0 Å². The predicted octanol–water partition coefficient (Wildman–Crippen LogP) is 3.43. The van der Waals surface area contributed by atoms with Crippen LogP contribution >= 0.6 is 0 Å². The van der Waals surface area contributed by atoms with Gasteiger partial charge in [-0.25, -0.2) is 0 Å². The van der Waals surface area contributed by atoms with Crippen LogP contribution in [0.3, 0.4) is 0 Å². The third-order valence-corrected chi connectivity index (χ3v) is 10.6. The fourth-order valence-electron chi connectivity index (χ4n) is 7.01. The number of unbranched alkanes of at least 4 members (excludes halogenated alkanes) is 16. The van der Waals surface area contributed by atoms with Crippen LogP contribution in [0.15, 0.2) is 24.3 Å². The molecule has 0 aliphatic carbocycles. The Morgan fingerprint density at radius 1 is 0.625 bits per heavy atom. The minimum atomic E-state index is -1.79. The van der Waals surface area contributed by atoms with E-state index in [2.05, 4.69) is 31.3 Å². The van der Waals surface area contributed by atoms with Gasteiger partial charge in [0, 0.05) is 6.42 Å². The van der Waals surface area contributed by atoms with Gasteiger partial charge < -0.3 is 65.1 Å². The van der Waals surface area contributed by atoms with Crippen molar-refractivity contribution in [2.24, 2.45) is 0 Å². The summed E-state index contributed by atoms with van der Waals surface area (Å²) in [5.74, 6) is -0.257. The van der Waals surface area contributed by atoms with Crippen LogP contribution in [-0.2, 0) is 23.7 Å². The van der Waals surface area contributed by atoms with Crippen LogP contribution in [0, 0.1) is 0 Å². The van der Waals surface area contributed by atoms with Gasteiger partial charge >= 0.3 is 0 Å². The van der Waals surface area contributed by atoms with Crippen LogP contribution in [0.2, 0.25) is 0 Å². The van der Waals surface area contributed by atoms with Crippen molar-refractivity contribution < 1.29 is 64.6 Å². The highest BCUT2D eigenvalue weighted by atomic mass is 16.7. The summed E-state index contributed by atoms with van der Waals surface area (Å²) in [4.78, 5) is 13.0. The Morgan fingerprint density at radius 2 is 1.14 bits per heavy atom. The normalized spacial score (nSPS) is 29.6. The topological polar surface area (TPSA) is 228 Å². The molecule has 2 saturated heterocycles. The average Bonchev–Trinajstić information content (AvgIpc) is 3.19. The van der Waals surface area contributed by atoms with Crippen molar-refractivity contribution in [3.63, 3.8) is 0 Å². The van der Waals surface area contributed by atoms with Crippen molar-refractivity contribution >= 4 is 5.91 Å². The van der Waals surface area contributed by atoms with E-state index in [-0.39, 0.29) is 18.9 Å². The van der Waals surface area contributed by atoms with Gasteiger partial charge in [-0.2, -0.15) is 0 Å². The van der Waals surface area contributed by atoms with E-state index in [1.54, 1.807) is 6.08 Å². The number of carbonyl (C=O) groups excluding carboxylic acids is 1. The molecule has 1 amide bonds. The first-order valence-corrected chi connectivity index (χ1v) is 21.6. The van der Waals surface area contributed by atoms with Gasteiger partial charge in [-0.3, -0.25) is 4.79 Å². The Bertz CT molecular complexity index is 1050. The Morgan fingerprint density at radius 3 is 1.75 bits per heavy atom. The van der Waals surface area contributed by atoms with Gasteiger partial charge in [0.25, 0.3) is 0 Å². The molecule has 14 nitrogen and oxygen atoms in total. The Labute approximate surface area is 335 Å². The van der Waals surface area contributed by atoms with Crippen molar-refractivity contribution in [2.75, 3.05) is 19.8 Å². The second-order valence-corrected chi connectivity index (χ2v) is 15.5. The molecule has 0 aromatic rings. The lowest BCUT2D eigenvalue weighted by Gasteiger charge is -2.46. The van der Waals surface area contributed by atoms with Crippen LogP contribution in [0.1, 0.15) is 142 Å². The van der Waals surface area contributed by atoms with Gasteiger partial charge in [-0.05, 0) is 32.1 Å². The summed E-state index contributed by atoms with van der Waals surface area (Å²) in [5, 5.41) is 86.1. The number of ether oxygens (including phenoxy) is 4. The van der Waals surface area contributed by atoms with E-state index in [0.717, 1.165) is 32.1 Å². The zero-order chi connectivity index (χ0) is 41.1. The standard InChI is InChI=1S/C42H77NO13/c1-3-5-7-9-11-13-14-15-16-17-18-19-21-23-25-31(46)30(43-34(47)26-24-22-20-12-10-8-6-4-2)29-53-41-39(52)37(50)40(33(28-45)55-41)56-42-38(51)36(49)35(48)32(27-44)54-42/h17-18,23,25,30-33,35-42,44-46,48-52H,3-16,19-22,24,26-29H2,1-2H3,(H,43,47)/b18-17+,25-23+. The van der Waals surface area contributed by atoms with E-state index in [9.17, 15) is 45.6 Å². The van der Waals surface area contributed by atoms with Gasteiger partial charge in [0.2, 0.25) is 5.91 Å². The second kappa shape index (κ2) is 30.5. The summed E-state index contributed by atoms with van der Waals surface area (Å²) < 4.78 is 22.5. The molecule has 2 rings (SSSR count). The second-order valence-electron chi connectivity index (χ2n) is 15.5. The molecule has 12 atom stereocenters. The van der Waals surface area contributed by atoms with E-state index in [0.29, 0.717) is 12.8 Å². The molecule has 0 saturated carbocycles. The van der Waals surface area contributed by atoms with Crippen molar-refractivity contribution in [1.82, 2.24) is 5.32 Å². The summed E-state index contributed by atoms with van der Waals surface area (Å²) in [6, 6.07) is -0.922. The fraction of sp³-hybridized carbons (Fsp3) is 0.881. The molecule has 14 heteroatoms. The first-order valence-electron chi connectivity index (χ1n) is 21.6. The van der Waals surface area contributed by atoms with Gasteiger partial charge in [0.05, 0.1) is 32.0 Å². The number of aliphatic hydroxyl groups excluding tert-OH is 8. The molecule has 2 aliphatic rings. The molecular weight excluding hydrogens is 726 g/mol. The lowest BCUT2D eigenvalue weighted by atomic mass is 9.97. The third-order valence-electron chi connectivity index (χ3n) is 10.6. The van der Waals surface area contributed by atoms with Crippen molar-refractivity contribution in [3.05, 3.63) is 24.3 Å². The largest absolute Gasteiger partial charge is 0.394 e. The maximum absolute atomic E-state index is 13.0. The number of hydrogen-bond donors (Lipinski definition) is 9. The molecule has 0 aromatic heterocycles. The molecule has 328 valence electrons. The molecule has 0 radical (unpaired) electrons. The van der Waals surface area contributed by atoms with Crippen LogP contribution < -0.4 is 5.32 Å². The molecule has 56 heavy (non-hydrogen) atoms. The molecule has 12 unspecified atom stereocenters. The first kappa shape index (κ1) is 50.6. The molecule has 0 aromatic carbocycles. The highest BCUT2D eigenvalue weighted by Gasteiger charge is 2.50. The number of amides is 1. The molecule has 9 N–H and O–H groups in total. The smallest absolute Gasteiger partial charge is 0.220 e. The minimum Gasteiger partial charge on any atom is -0.394 e. The van der Waals surface area contributed by atoms with Crippen molar-refractivity contribution in [3.8, 4) is 0 Å². The van der Waals surface area contributed by atoms with Crippen molar-refractivity contribution in [2.45, 2.75) is 216 Å². The Balaban J connectivity index is 1.94. The predicted molar refractivity (Wildman–Crippen MR) is 212 cm³/mol. The SMILES string of the molecule is CCCCCCCCCC/C=C/CC/C=C/C(O)C(COC1OC(CO)C(OC2OC(CO)C(O)C(O)C2O)C(O)C1O)NC(=O)CCCCCCCCCC. The van der Waals surface area contributed by atoms with E-state index >= 15 is 0 Å². The number of hydrogen-bond acceptors (Lipinski definition) is 13. The maximum Gasteiger partial charge on any atom is 0.220 e. The number of rotatable bonds is 31. The van der Waals surface area contributed by atoms with Gasteiger partial charge in [0.15, 0.2) is 12.6 Å². The highest BCUT2D eigenvalue weighted by molar-refractivity contribution is 5.76. The molecule has 0 bridgehead atoms. The number of carbonyl (C=O) groups is 1. The number of nitrogens with one attached hydrogen (secondary N) is 1. The summed E-state index contributed by atoms with van der Waals surface area (Å²) >= 11 is 0. The first-order chi connectivity index (χ1) is 27.1. The van der Waals surface area contributed by atoms with E-state index in [1.165, 1.54) is 77.0 Å². The Hall–Kier alpha value is -1.53. The summed E-state index contributed by atoms with van der Waals surface area (Å²) in [6.07, 6.45) is 12.5. The molecular formula is C42H77NO13. The average molecular weight is 804 g/mol. The maximum atomic E-state index is 13.0.